The van der Waals surface area contributed by atoms with Crippen LogP contribution in [0.2, 0.25) is 5.02 Å². The van der Waals surface area contributed by atoms with Gasteiger partial charge in [-0.25, -0.2) is 0 Å². The van der Waals surface area contributed by atoms with Crippen LogP contribution in [0.5, 0.6) is 17.2 Å². The van der Waals surface area contributed by atoms with E-state index in [0.717, 1.165) is 12.1 Å². The third-order valence-corrected chi connectivity index (χ3v) is 3.57. The van der Waals surface area contributed by atoms with Crippen LogP contribution in [-0.2, 0) is 4.79 Å². The van der Waals surface area contributed by atoms with E-state index in [9.17, 15) is 18.0 Å². The lowest BCUT2D eigenvalue weighted by Crippen LogP contribution is -2.16. The Morgan fingerprint density at radius 3 is 2.26 bits per heavy atom. The van der Waals surface area contributed by atoms with Gasteiger partial charge in [-0.3, -0.25) is 4.79 Å². The number of benzene rings is 2. The lowest BCUT2D eigenvalue weighted by molar-refractivity contribution is -0.274. The Balaban J connectivity index is 2.07. The number of rotatable bonds is 6. The van der Waals surface area contributed by atoms with Gasteiger partial charge in [0.25, 0.3) is 0 Å². The van der Waals surface area contributed by atoms with Crippen molar-refractivity contribution in [1.82, 2.24) is 0 Å². The molecule has 2 aromatic carbocycles. The summed E-state index contributed by atoms with van der Waals surface area (Å²) in [5, 5.41) is 2.94. The van der Waals surface area contributed by atoms with Crippen molar-refractivity contribution in [3.05, 3.63) is 53.1 Å². The smallest absolute Gasteiger partial charge is 0.495 e. The van der Waals surface area contributed by atoms with Crippen molar-refractivity contribution in [1.29, 1.82) is 0 Å². The van der Waals surface area contributed by atoms with Gasteiger partial charge in [0.15, 0.2) is 0 Å². The van der Waals surface area contributed by atoms with Crippen molar-refractivity contribution < 1.29 is 32.2 Å². The number of amides is 1. The van der Waals surface area contributed by atoms with Crippen molar-refractivity contribution in [2.24, 2.45) is 0 Å². The van der Waals surface area contributed by atoms with Gasteiger partial charge in [0.1, 0.15) is 17.2 Å². The summed E-state index contributed by atoms with van der Waals surface area (Å²) < 4.78 is 50.4. The van der Waals surface area contributed by atoms with E-state index < -0.39 is 12.3 Å². The zero-order valence-electron chi connectivity index (χ0n) is 14.3. The first-order valence-corrected chi connectivity index (χ1v) is 7.86. The summed E-state index contributed by atoms with van der Waals surface area (Å²) in [6.07, 6.45) is -2.09. The fourth-order valence-corrected chi connectivity index (χ4v) is 2.32. The van der Waals surface area contributed by atoms with Crippen LogP contribution in [-0.4, -0.2) is 26.5 Å². The molecule has 0 radical (unpaired) electrons. The van der Waals surface area contributed by atoms with E-state index >= 15 is 0 Å². The first-order valence-electron chi connectivity index (χ1n) is 7.48. The molecule has 5 nitrogen and oxygen atoms in total. The Bertz CT molecular complexity index is 836. The predicted octanol–water partition coefficient (Wildman–Crippen LogP) is 4.91. The number of hydrogen-bond acceptors (Lipinski definition) is 4. The van der Waals surface area contributed by atoms with E-state index in [-0.39, 0.29) is 5.75 Å². The molecule has 0 bridgehead atoms. The zero-order valence-corrected chi connectivity index (χ0v) is 15.0. The van der Waals surface area contributed by atoms with Crippen LogP contribution in [0.1, 0.15) is 5.56 Å². The lowest BCUT2D eigenvalue weighted by atomic mass is 10.2. The summed E-state index contributed by atoms with van der Waals surface area (Å²) in [5.74, 6) is -0.122. The highest BCUT2D eigenvalue weighted by atomic mass is 35.5. The molecular weight excluding hydrogens is 387 g/mol. The monoisotopic (exact) mass is 401 g/mol. The molecular formula is C18H15ClF3NO4. The summed E-state index contributed by atoms with van der Waals surface area (Å²) in [5.41, 5.74) is 0.864. The van der Waals surface area contributed by atoms with E-state index in [4.69, 9.17) is 21.1 Å². The molecule has 0 saturated carbocycles. The molecule has 0 aliphatic carbocycles. The maximum absolute atomic E-state index is 12.1. The molecule has 9 heteroatoms. The van der Waals surface area contributed by atoms with Gasteiger partial charge in [-0.1, -0.05) is 23.7 Å². The van der Waals surface area contributed by atoms with E-state index in [1.54, 1.807) is 0 Å². The van der Waals surface area contributed by atoms with Gasteiger partial charge in [0.2, 0.25) is 5.91 Å². The van der Waals surface area contributed by atoms with E-state index in [1.165, 1.54) is 50.6 Å². The maximum Gasteiger partial charge on any atom is 0.573 e. The molecule has 0 atom stereocenters. The number of ether oxygens (including phenoxy) is 3. The summed E-state index contributed by atoms with van der Waals surface area (Å²) in [7, 11) is 2.86. The molecule has 0 aromatic heterocycles. The quantitative estimate of drug-likeness (QED) is 0.699. The fraction of sp³-hybridized carbons (Fsp3) is 0.167. The Morgan fingerprint density at radius 1 is 1.07 bits per heavy atom. The Kier molecular flexibility index (Phi) is 6.57. The van der Waals surface area contributed by atoms with Gasteiger partial charge in [-0.05, 0) is 23.8 Å². The van der Waals surface area contributed by atoms with Gasteiger partial charge in [-0.2, -0.15) is 0 Å². The molecule has 0 aliphatic rings. The molecule has 1 N–H and O–H groups in total. The van der Waals surface area contributed by atoms with Crippen molar-refractivity contribution >= 4 is 29.3 Å². The van der Waals surface area contributed by atoms with Gasteiger partial charge in [0.05, 0.1) is 24.9 Å². The molecule has 0 saturated heterocycles. The third-order valence-electron chi connectivity index (χ3n) is 3.27. The van der Waals surface area contributed by atoms with Crippen LogP contribution >= 0.6 is 11.6 Å². The van der Waals surface area contributed by atoms with E-state index in [0.29, 0.717) is 27.8 Å². The van der Waals surface area contributed by atoms with Crippen LogP contribution in [0.3, 0.4) is 0 Å². The molecule has 144 valence electrons. The van der Waals surface area contributed by atoms with Crippen LogP contribution in [0.25, 0.3) is 6.08 Å². The normalized spacial score (nSPS) is 11.3. The van der Waals surface area contributed by atoms with Crippen LogP contribution in [0.4, 0.5) is 18.9 Å². The zero-order chi connectivity index (χ0) is 20.0. The Hall–Kier alpha value is -2.87. The minimum absolute atomic E-state index is 0.323. The number of carbonyl (C=O) groups is 1. The number of alkyl halides is 3. The van der Waals surface area contributed by atoms with E-state index in [2.05, 4.69) is 10.1 Å². The average Bonchev–Trinajstić information content (AvgIpc) is 2.61. The number of nitrogens with one attached hydrogen (secondary N) is 1. The summed E-state index contributed by atoms with van der Waals surface area (Å²) in [6.45, 7) is 0. The number of halogens is 4. The first kappa shape index (κ1) is 20.4. The highest BCUT2D eigenvalue weighted by molar-refractivity contribution is 6.32. The molecule has 0 unspecified atom stereocenters. The number of carbonyl (C=O) groups excluding carboxylic acids is 1. The average molecular weight is 402 g/mol. The molecule has 0 spiro atoms. The summed E-state index contributed by atoms with van der Waals surface area (Å²) in [4.78, 5) is 12.1. The standard InChI is InChI=1S/C18H15ClF3NO4/c1-25-15-10-14(16(26-2)9-13(15)19)23-17(24)8-5-11-3-6-12(7-4-11)27-18(20,21)22/h3-10H,1-2H3,(H,23,24)/b8-5+. The lowest BCUT2D eigenvalue weighted by Gasteiger charge is -2.12. The van der Waals surface area contributed by atoms with Crippen molar-refractivity contribution in [2.45, 2.75) is 6.36 Å². The summed E-state index contributed by atoms with van der Waals surface area (Å²) in [6, 6.07) is 8.08. The molecule has 0 heterocycles. The molecule has 0 aliphatic heterocycles. The van der Waals surface area contributed by atoms with Crippen molar-refractivity contribution in [3.63, 3.8) is 0 Å². The second-order valence-electron chi connectivity index (χ2n) is 5.13. The first-order chi connectivity index (χ1) is 12.7. The maximum atomic E-state index is 12.1. The molecule has 1 amide bonds. The number of anilines is 1. The van der Waals surface area contributed by atoms with Crippen LogP contribution in [0, 0.1) is 0 Å². The van der Waals surface area contributed by atoms with Crippen LogP contribution in [0.15, 0.2) is 42.5 Å². The minimum Gasteiger partial charge on any atom is -0.495 e. The van der Waals surface area contributed by atoms with Gasteiger partial charge < -0.3 is 19.5 Å². The van der Waals surface area contributed by atoms with Gasteiger partial charge >= 0.3 is 6.36 Å². The third kappa shape index (κ3) is 6.10. The fourth-order valence-electron chi connectivity index (χ4n) is 2.09. The molecule has 27 heavy (non-hydrogen) atoms. The molecule has 0 fully saturated rings. The SMILES string of the molecule is COc1cc(NC(=O)/C=C/c2ccc(OC(F)(F)F)cc2)c(OC)cc1Cl. The van der Waals surface area contributed by atoms with Crippen molar-refractivity contribution in [2.75, 3.05) is 19.5 Å². The number of methoxy groups -OCH3 is 2. The Labute approximate surface area is 158 Å². The predicted molar refractivity (Wildman–Crippen MR) is 95.3 cm³/mol. The largest absolute Gasteiger partial charge is 0.573 e. The summed E-state index contributed by atoms with van der Waals surface area (Å²) >= 11 is 6.00. The van der Waals surface area contributed by atoms with Crippen molar-refractivity contribution in [3.8, 4) is 17.2 Å². The Morgan fingerprint density at radius 2 is 1.70 bits per heavy atom. The van der Waals surface area contributed by atoms with Crippen LogP contribution < -0.4 is 19.5 Å². The second kappa shape index (κ2) is 8.68. The molecule has 2 aromatic rings. The number of hydrogen-bond donors (Lipinski definition) is 1. The highest BCUT2D eigenvalue weighted by Gasteiger charge is 2.30. The van der Waals surface area contributed by atoms with E-state index in [1.807, 2.05) is 0 Å². The van der Waals surface area contributed by atoms with Gasteiger partial charge in [0, 0.05) is 18.2 Å². The molecule has 2 rings (SSSR count). The second-order valence-corrected chi connectivity index (χ2v) is 5.53. The minimum atomic E-state index is -4.75. The topological polar surface area (TPSA) is 56.8 Å². The van der Waals surface area contributed by atoms with Gasteiger partial charge in [-0.15, -0.1) is 13.2 Å². The highest BCUT2D eigenvalue weighted by Crippen LogP contribution is 2.35.